The van der Waals surface area contributed by atoms with Gasteiger partial charge in [-0.1, -0.05) is 12.1 Å². The van der Waals surface area contributed by atoms with Gasteiger partial charge in [0.15, 0.2) is 0 Å². The summed E-state index contributed by atoms with van der Waals surface area (Å²) in [5.74, 6) is -0.353. The molecule has 3 rings (SSSR count). The fourth-order valence-electron chi connectivity index (χ4n) is 4.51. The standard InChI is InChI=1S/C28H38N6O6/c1-17-12-19-4-6-23(39-10-8-29)21(13-19)22-14-20(5-7-24(22)40-11-9-30)26(34(3)25(36)15-31-16-35)28(38)33-18(2)27(37)32-17/h4-7,13-14,16-18,26H,8-12,15,29-30H2,1-3H3,(H,31,35)(H,32,37)(H,33,38)/t17?,18-,26?/m0/s1. The molecule has 1 aliphatic heterocycles. The number of hydrogen-bond donors (Lipinski definition) is 5. The molecule has 216 valence electrons. The van der Waals surface area contributed by atoms with Crippen LogP contribution in [0.25, 0.3) is 11.1 Å². The lowest BCUT2D eigenvalue weighted by molar-refractivity contribution is -0.140. The number of likely N-dealkylation sites (N-methyl/N-ethyl adjacent to an activating group) is 1. The number of fused-ring (bicyclic) bond motifs is 5. The minimum absolute atomic E-state index is 0.243. The van der Waals surface area contributed by atoms with E-state index >= 15 is 0 Å². The summed E-state index contributed by atoms with van der Waals surface area (Å²) in [4.78, 5) is 51.5. The maximum atomic E-state index is 13.6. The van der Waals surface area contributed by atoms with Crippen LogP contribution in [-0.2, 0) is 25.6 Å². The molecule has 0 aliphatic carbocycles. The number of ether oxygens (including phenoxy) is 2. The molecule has 1 aliphatic rings. The average Bonchev–Trinajstić information content (AvgIpc) is 2.93. The molecule has 0 fully saturated rings. The molecule has 4 bridgehead atoms. The van der Waals surface area contributed by atoms with E-state index in [2.05, 4.69) is 16.0 Å². The quantitative estimate of drug-likeness (QED) is 0.252. The second kappa shape index (κ2) is 14.3. The largest absolute Gasteiger partial charge is 0.492 e. The molecular weight excluding hydrogens is 516 g/mol. The van der Waals surface area contributed by atoms with Gasteiger partial charge in [0.25, 0.3) is 0 Å². The highest BCUT2D eigenvalue weighted by molar-refractivity contribution is 5.93. The Morgan fingerprint density at radius 3 is 2.25 bits per heavy atom. The summed E-state index contributed by atoms with van der Waals surface area (Å²) in [6.07, 6.45) is 0.934. The van der Waals surface area contributed by atoms with E-state index in [1.54, 1.807) is 25.1 Å². The third kappa shape index (κ3) is 7.48. The van der Waals surface area contributed by atoms with E-state index < -0.39 is 23.9 Å². The van der Waals surface area contributed by atoms with Crippen LogP contribution < -0.4 is 36.9 Å². The molecular formula is C28H38N6O6. The van der Waals surface area contributed by atoms with Crippen molar-refractivity contribution in [1.82, 2.24) is 20.9 Å². The SMILES string of the molecule is CC1Cc2ccc(OCCN)c(c2)-c2cc(ccc2OCCN)C(N(C)C(=O)CNC=O)C(=O)N[C@@H](C)C(=O)N1. The smallest absolute Gasteiger partial charge is 0.248 e. The fraction of sp³-hybridized carbons (Fsp3) is 0.429. The molecule has 0 saturated heterocycles. The van der Waals surface area contributed by atoms with E-state index in [1.807, 2.05) is 25.1 Å². The van der Waals surface area contributed by atoms with Crippen molar-refractivity contribution in [2.24, 2.45) is 11.5 Å². The minimum atomic E-state index is -1.13. The van der Waals surface area contributed by atoms with Gasteiger partial charge in [-0.25, -0.2) is 0 Å². The molecule has 2 unspecified atom stereocenters. The van der Waals surface area contributed by atoms with Crippen molar-refractivity contribution >= 4 is 24.1 Å². The van der Waals surface area contributed by atoms with Gasteiger partial charge in [0.1, 0.15) is 36.8 Å². The summed E-state index contributed by atoms with van der Waals surface area (Å²) in [7, 11) is 1.46. The van der Waals surface area contributed by atoms with Crippen molar-refractivity contribution in [1.29, 1.82) is 0 Å². The predicted molar refractivity (Wildman–Crippen MR) is 149 cm³/mol. The van der Waals surface area contributed by atoms with Crippen molar-refractivity contribution in [2.75, 3.05) is 39.9 Å². The topological polar surface area (TPSA) is 178 Å². The molecule has 0 spiro atoms. The summed E-state index contributed by atoms with van der Waals surface area (Å²) in [6, 6.07) is 8.64. The van der Waals surface area contributed by atoms with E-state index in [-0.39, 0.29) is 31.7 Å². The first-order valence-electron chi connectivity index (χ1n) is 13.2. The maximum absolute atomic E-state index is 13.6. The molecule has 0 saturated carbocycles. The zero-order chi connectivity index (χ0) is 29.2. The van der Waals surface area contributed by atoms with Crippen molar-refractivity contribution in [3.63, 3.8) is 0 Å². The van der Waals surface area contributed by atoms with E-state index in [1.165, 1.54) is 11.9 Å². The van der Waals surface area contributed by atoms with Crippen LogP contribution in [0, 0.1) is 0 Å². The first kappa shape index (κ1) is 30.4. The predicted octanol–water partition coefficient (Wildman–Crippen LogP) is -0.160. The Morgan fingerprint density at radius 1 is 1.00 bits per heavy atom. The third-order valence-corrected chi connectivity index (χ3v) is 6.45. The van der Waals surface area contributed by atoms with Gasteiger partial charge < -0.3 is 41.8 Å². The molecule has 1 heterocycles. The van der Waals surface area contributed by atoms with Crippen LogP contribution >= 0.6 is 0 Å². The average molecular weight is 555 g/mol. The molecule has 0 aromatic heterocycles. The van der Waals surface area contributed by atoms with Gasteiger partial charge in [-0.05, 0) is 55.7 Å². The Balaban J connectivity index is 2.26. The van der Waals surface area contributed by atoms with Gasteiger partial charge in [-0.2, -0.15) is 0 Å². The van der Waals surface area contributed by atoms with Crippen LogP contribution in [0.3, 0.4) is 0 Å². The van der Waals surface area contributed by atoms with Crippen LogP contribution in [0.5, 0.6) is 11.5 Å². The number of nitrogens with zero attached hydrogens (tertiary/aromatic N) is 1. The van der Waals surface area contributed by atoms with Gasteiger partial charge in [-0.15, -0.1) is 0 Å². The lowest BCUT2D eigenvalue weighted by Crippen LogP contribution is -2.51. The Labute approximate surface area is 233 Å². The van der Waals surface area contributed by atoms with Gasteiger partial charge in [-0.3, -0.25) is 19.2 Å². The van der Waals surface area contributed by atoms with Crippen LogP contribution in [-0.4, -0.2) is 81.0 Å². The van der Waals surface area contributed by atoms with Crippen LogP contribution in [0.15, 0.2) is 36.4 Å². The molecule has 7 N–H and O–H groups in total. The van der Waals surface area contributed by atoms with Gasteiger partial charge in [0.05, 0.1) is 6.54 Å². The summed E-state index contributed by atoms with van der Waals surface area (Å²) in [5, 5.41) is 7.99. The molecule has 12 heteroatoms. The number of benzene rings is 2. The zero-order valence-corrected chi connectivity index (χ0v) is 23.1. The molecule has 4 amide bonds. The molecule has 2 aromatic rings. The van der Waals surface area contributed by atoms with E-state index in [4.69, 9.17) is 20.9 Å². The first-order valence-corrected chi connectivity index (χ1v) is 13.2. The molecule has 3 atom stereocenters. The van der Waals surface area contributed by atoms with Crippen LogP contribution in [0.2, 0.25) is 0 Å². The molecule has 2 aromatic carbocycles. The number of nitrogens with one attached hydrogen (secondary N) is 3. The third-order valence-electron chi connectivity index (χ3n) is 6.45. The summed E-state index contributed by atoms with van der Waals surface area (Å²) < 4.78 is 11.9. The van der Waals surface area contributed by atoms with Crippen molar-refractivity contribution in [3.05, 3.63) is 47.5 Å². The monoisotopic (exact) mass is 554 g/mol. The van der Waals surface area contributed by atoms with Gasteiger partial charge in [0, 0.05) is 37.3 Å². The molecule has 40 heavy (non-hydrogen) atoms. The zero-order valence-electron chi connectivity index (χ0n) is 23.1. The second-order valence-corrected chi connectivity index (χ2v) is 9.61. The van der Waals surface area contributed by atoms with E-state index in [9.17, 15) is 19.2 Å². The highest BCUT2D eigenvalue weighted by Gasteiger charge is 2.32. The lowest BCUT2D eigenvalue weighted by Gasteiger charge is -2.30. The van der Waals surface area contributed by atoms with Crippen molar-refractivity contribution in [3.8, 4) is 22.6 Å². The number of hydrogen-bond acceptors (Lipinski definition) is 8. The molecule has 0 radical (unpaired) electrons. The summed E-state index contributed by atoms with van der Waals surface area (Å²) >= 11 is 0. The Morgan fingerprint density at radius 2 is 1.62 bits per heavy atom. The van der Waals surface area contributed by atoms with Crippen molar-refractivity contribution < 1.29 is 28.7 Å². The number of nitrogens with two attached hydrogens (primary N) is 2. The van der Waals surface area contributed by atoms with Crippen LogP contribution in [0.1, 0.15) is 31.0 Å². The number of rotatable bonds is 10. The Kier molecular flexibility index (Phi) is 10.9. The van der Waals surface area contributed by atoms with Crippen LogP contribution in [0.4, 0.5) is 0 Å². The van der Waals surface area contributed by atoms with Gasteiger partial charge in [0.2, 0.25) is 24.1 Å². The Hall–Kier alpha value is -4.16. The summed E-state index contributed by atoms with van der Waals surface area (Å²) in [6.45, 7) is 4.29. The number of amides is 4. The lowest BCUT2D eigenvalue weighted by atomic mass is 9.94. The fourth-order valence-corrected chi connectivity index (χ4v) is 4.51. The highest BCUT2D eigenvalue weighted by atomic mass is 16.5. The highest BCUT2D eigenvalue weighted by Crippen LogP contribution is 2.40. The van der Waals surface area contributed by atoms with Gasteiger partial charge >= 0.3 is 0 Å². The first-order chi connectivity index (χ1) is 19.2. The second-order valence-electron chi connectivity index (χ2n) is 9.61. The van der Waals surface area contributed by atoms with Crippen molar-refractivity contribution in [2.45, 2.75) is 38.4 Å². The Bertz CT molecular complexity index is 1220. The minimum Gasteiger partial charge on any atom is -0.492 e. The maximum Gasteiger partial charge on any atom is 0.248 e. The number of carbonyl (C=O) groups is 4. The normalized spacial score (nSPS) is 19.0. The molecule has 12 nitrogen and oxygen atoms in total. The van der Waals surface area contributed by atoms with E-state index in [0.29, 0.717) is 54.1 Å². The number of carbonyl (C=O) groups excluding carboxylic acids is 4. The summed E-state index contributed by atoms with van der Waals surface area (Å²) in [5.41, 5.74) is 14.1. The van der Waals surface area contributed by atoms with E-state index in [0.717, 1.165) is 5.56 Å².